The third kappa shape index (κ3) is 3.18. The number of hydrogen-bond donors (Lipinski definition) is 0. The fraction of sp³-hybridized carbons (Fsp3) is 0.267. The van der Waals surface area contributed by atoms with Gasteiger partial charge in [-0.15, -0.1) is 0 Å². The number of aromatic nitrogens is 1. The fourth-order valence-electron chi connectivity index (χ4n) is 2.50. The normalized spacial score (nSPS) is 14.3. The molecule has 1 fully saturated rings. The van der Waals surface area contributed by atoms with E-state index in [2.05, 4.69) is 11.1 Å². The number of carbonyl (C=O) groups excluding carboxylic acids is 1. The van der Waals surface area contributed by atoms with E-state index in [0.29, 0.717) is 42.4 Å². The number of nitro groups is 1. The molecule has 0 N–H and O–H groups in total. The molecule has 1 amide bonds. The second-order valence-electron chi connectivity index (χ2n) is 5.19. The van der Waals surface area contributed by atoms with E-state index >= 15 is 0 Å². The molecule has 24 heavy (non-hydrogen) atoms. The van der Waals surface area contributed by atoms with Crippen molar-refractivity contribution in [1.29, 1.82) is 5.26 Å². The molecule has 0 atom stereocenters. The molecule has 0 unspecified atom stereocenters. The van der Waals surface area contributed by atoms with Crippen molar-refractivity contribution in [2.75, 3.05) is 31.1 Å². The van der Waals surface area contributed by atoms with Gasteiger partial charge in [0.25, 0.3) is 5.91 Å². The van der Waals surface area contributed by atoms with E-state index in [1.807, 2.05) is 4.90 Å². The standard InChI is InChI=1S/C15H13N5O3S/c16-10-11-3-4-17-13(9-11)18-5-7-19(8-6-18)15(21)12-1-2-14(24-12)20(22)23/h1-4,9H,5-8H2. The molecule has 2 aromatic rings. The molecule has 3 rings (SSSR count). The zero-order chi connectivity index (χ0) is 17.1. The van der Waals surface area contributed by atoms with Gasteiger partial charge in [-0.3, -0.25) is 14.9 Å². The first-order valence-corrected chi connectivity index (χ1v) is 8.05. The molecule has 0 aliphatic carbocycles. The molecular weight excluding hydrogens is 330 g/mol. The summed E-state index contributed by atoms with van der Waals surface area (Å²) in [7, 11) is 0. The molecule has 0 saturated carbocycles. The number of hydrogen-bond acceptors (Lipinski definition) is 7. The van der Waals surface area contributed by atoms with Crippen molar-refractivity contribution in [2.45, 2.75) is 0 Å². The molecule has 1 saturated heterocycles. The first-order valence-electron chi connectivity index (χ1n) is 7.23. The van der Waals surface area contributed by atoms with Crippen LogP contribution in [0.3, 0.4) is 0 Å². The first-order chi connectivity index (χ1) is 11.6. The van der Waals surface area contributed by atoms with E-state index in [1.54, 1.807) is 23.2 Å². The van der Waals surface area contributed by atoms with Crippen LogP contribution < -0.4 is 4.90 Å². The quantitative estimate of drug-likeness (QED) is 0.623. The summed E-state index contributed by atoms with van der Waals surface area (Å²) in [6.07, 6.45) is 1.59. The predicted molar refractivity (Wildman–Crippen MR) is 88.0 cm³/mol. The van der Waals surface area contributed by atoms with Crippen LogP contribution in [0.15, 0.2) is 30.5 Å². The van der Waals surface area contributed by atoms with Gasteiger partial charge in [-0.25, -0.2) is 4.98 Å². The van der Waals surface area contributed by atoms with Crippen molar-refractivity contribution in [3.05, 3.63) is 51.0 Å². The van der Waals surface area contributed by atoms with Crippen molar-refractivity contribution >= 4 is 28.1 Å². The van der Waals surface area contributed by atoms with Crippen LogP contribution in [0.5, 0.6) is 0 Å². The summed E-state index contributed by atoms with van der Waals surface area (Å²) >= 11 is 0.893. The lowest BCUT2D eigenvalue weighted by molar-refractivity contribution is -0.380. The van der Waals surface area contributed by atoms with Crippen LogP contribution in [-0.4, -0.2) is 46.9 Å². The Morgan fingerprint density at radius 3 is 2.67 bits per heavy atom. The number of nitriles is 1. The van der Waals surface area contributed by atoms with Crippen molar-refractivity contribution in [2.24, 2.45) is 0 Å². The van der Waals surface area contributed by atoms with Crippen LogP contribution >= 0.6 is 11.3 Å². The van der Waals surface area contributed by atoms with Crippen LogP contribution in [0.2, 0.25) is 0 Å². The molecule has 1 aliphatic rings. The lowest BCUT2D eigenvalue weighted by atomic mass is 10.2. The topological polar surface area (TPSA) is 103 Å². The van der Waals surface area contributed by atoms with E-state index in [1.165, 1.54) is 12.1 Å². The zero-order valence-electron chi connectivity index (χ0n) is 12.6. The highest BCUT2D eigenvalue weighted by Gasteiger charge is 2.25. The second kappa shape index (κ2) is 6.64. The number of amides is 1. The molecular formula is C15H13N5O3S. The number of thiophene rings is 1. The molecule has 3 heterocycles. The number of carbonyl (C=O) groups is 1. The smallest absolute Gasteiger partial charge is 0.324 e. The van der Waals surface area contributed by atoms with E-state index in [0.717, 1.165) is 11.3 Å². The lowest BCUT2D eigenvalue weighted by Gasteiger charge is -2.35. The van der Waals surface area contributed by atoms with Crippen LogP contribution in [0.4, 0.5) is 10.8 Å². The summed E-state index contributed by atoms with van der Waals surface area (Å²) in [6.45, 7) is 2.20. The number of anilines is 1. The van der Waals surface area contributed by atoms with Gasteiger partial charge in [0.1, 0.15) is 5.82 Å². The Balaban J connectivity index is 1.64. The van der Waals surface area contributed by atoms with Crippen LogP contribution in [0.1, 0.15) is 15.2 Å². The van der Waals surface area contributed by atoms with E-state index < -0.39 is 4.92 Å². The van der Waals surface area contributed by atoms with Gasteiger partial charge in [0, 0.05) is 38.4 Å². The number of pyridine rings is 1. The van der Waals surface area contributed by atoms with Crippen LogP contribution in [0, 0.1) is 21.4 Å². The molecule has 0 bridgehead atoms. The Hall–Kier alpha value is -2.99. The minimum absolute atomic E-state index is 0.0329. The number of rotatable bonds is 3. The fourth-order valence-corrected chi connectivity index (χ4v) is 3.28. The minimum atomic E-state index is -0.493. The summed E-state index contributed by atoms with van der Waals surface area (Å²) in [6, 6.07) is 8.30. The highest BCUT2D eigenvalue weighted by atomic mass is 32.1. The summed E-state index contributed by atoms with van der Waals surface area (Å²) in [5.74, 6) is 0.527. The largest absolute Gasteiger partial charge is 0.353 e. The molecule has 2 aromatic heterocycles. The molecule has 0 aromatic carbocycles. The Morgan fingerprint density at radius 1 is 1.29 bits per heavy atom. The Kier molecular flexibility index (Phi) is 4.39. The summed E-state index contributed by atoms with van der Waals surface area (Å²) < 4.78 is 0. The molecule has 122 valence electrons. The SMILES string of the molecule is N#Cc1ccnc(N2CCN(C(=O)c3ccc([N+](=O)[O-])s3)CC2)c1. The zero-order valence-corrected chi connectivity index (χ0v) is 13.4. The van der Waals surface area contributed by atoms with Crippen molar-refractivity contribution in [3.63, 3.8) is 0 Å². The highest BCUT2D eigenvalue weighted by molar-refractivity contribution is 7.17. The molecule has 9 heteroatoms. The second-order valence-corrected chi connectivity index (χ2v) is 6.25. The van der Waals surface area contributed by atoms with Gasteiger partial charge in [0.2, 0.25) is 0 Å². The summed E-state index contributed by atoms with van der Waals surface area (Å²) in [5, 5.41) is 19.6. The van der Waals surface area contributed by atoms with E-state index in [4.69, 9.17) is 5.26 Å². The molecule has 0 radical (unpaired) electrons. The van der Waals surface area contributed by atoms with E-state index in [-0.39, 0.29) is 10.9 Å². The Morgan fingerprint density at radius 2 is 2.04 bits per heavy atom. The number of nitrogens with zero attached hydrogens (tertiary/aromatic N) is 5. The maximum absolute atomic E-state index is 12.4. The minimum Gasteiger partial charge on any atom is -0.353 e. The maximum Gasteiger partial charge on any atom is 0.324 e. The maximum atomic E-state index is 12.4. The van der Waals surface area contributed by atoms with Gasteiger partial charge >= 0.3 is 5.00 Å². The van der Waals surface area contributed by atoms with Gasteiger partial charge in [-0.05, 0) is 18.2 Å². The molecule has 8 nitrogen and oxygen atoms in total. The Labute approximate surface area is 141 Å². The average Bonchev–Trinajstić information content (AvgIpc) is 3.12. The van der Waals surface area contributed by atoms with Gasteiger partial charge in [0.15, 0.2) is 0 Å². The first kappa shape index (κ1) is 15.9. The molecule has 1 aliphatic heterocycles. The third-order valence-electron chi connectivity index (χ3n) is 3.75. The number of piperazine rings is 1. The third-order valence-corrected chi connectivity index (χ3v) is 4.77. The van der Waals surface area contributed by atoms with Crippen LogP contribution in [-0.2, 0) is 0 Å². The van der Waals surface area contributed by atoms with Gasteiger partial charge in [0.05, 0.1) is 21.4 Å². The monoisotopic (exact) mass is 343 g/mol. The summed E-state index contributed by atoms with van der Waals surface area (Å²) in [5.41, 5.74) is 0.546. The highest BCUT2D eigenvalue weighted by Crippen LogP contribution is 2.25. The lowest BCUT2D eigenvalue weighted by Crippen LogP contribution is -2.48. The van der Waals surface area contributed by atoms with Gasteiger partial charge in [-0.1, -0.05) is 11.3 Å². The Bertz CT molecular complexity index is 821. The predicted octanol–water partition coefficient (Wildman–Crippen LogP) is 1.89. The van der Waals surface area contributed by atoms with Gasteiger partial charge < -0.3 is 9.80 Å². The van der Waals surface area contributed by atoms with Crippen LogP contribution in [0.25, 0.3) is 0 Å². The van der Waals surface area contributed by atoms with Crippen molar-refractivity contribution < 1.29 is 9.72 Å². The average molecular weight is 343 g/mol. The molecule has 0 spiro atoms. The van der Waals surface area contributed by atoms with Crippen molar-refractivity contribution in [1.82, 2.24) is 9.88 Å². The summed E-state index contributed by atoms with van der Waals surface area (Å²) in [4.78, 5) is 31.0. The van der Waals surface area contributed by atoms with Gasteiger partial charge in [-0.2, -0.15) is 5.26 Å². The van der Waals surface area contributed by atoms with Crippen molar-refractivity contribution in [3.8, 4) is 6.07 Å². The van der Waals surface area contributed by atoms with E-state index in [9.17, 15) is 14.9 Å².